The van der Waals surface area contributed by atoms with Gasteiger partial charge in [0.05, 0.1) is 19.2 Å². The van der Waals surface area contributed by atoms with E-state index in [1.807, 2.05) is 43.3 Å². The molecule has 162 valence electrons. The molecule has 0 saturated carbocycles. The second kappa shape index (κ2) is 7.80. The lowest BCUT2D eigenvalue weighted by Crippen LogP contribution is -2.48. The maximum Gasteiger partial charge on any atom is 0.409 e. The molecule has 1 fully saturated rings. The molecule has 32 heavy (non-hydrogen) atoms. The maximum absolute atomic E-state index is 12.9. The van der Waals surface area contributed by atoms with E-state index in [2.05, 4.69) is 25.5 Å². The average Bonchev–Trinajstić information content (AvgIpc) is 3.41. The molecule has 0 unspecified atom stereocenters. The number of likely N-dealkylation sites (tertiary alicyclic amines) is 1. The summed E-state index contributed by atoms with van der Waals surface area (Å²) in [6.45, 7) is 3.00. The Morgan fingerprint density at radius 2 is 2.06 bits per heavy atom. The Morgan fingerprint density at radius 1 is 1.22 bits per heavy atom. The Bertz CT molecular complexity index is 1320. The predicted molar refractivity (Wildman–Crippen MR) is 116 cm³/mol. The number of nitrogens with one attached hydrogen (secondary N) is 2. The van der Waals surface area contributed by atoms with E-state index >= 15 is 0 Å². The number of carbonyl (C=O) groups is 2. The minimum atomic E-state index is -0.342. The molecule has 1 aliphatic heterocycles. The number of aromatic amines is 1. The number of hydrogen-bond acceptors (Lipinski definition) is 6. The summed E-state index contributed by atoms with van der Waals surface area (Å²) in [7, 11) is 1.37. The molecular formula is C22H21N7O3. The third-order valence-electron chi connectivity index (χ3n) is 5.60. The first-order valence-electron chi connectivity index (χ1n) is 10.1. The molecule has 5 rings (SSSR count). The third kappa shape index (κ3) is 3.45. The Hall–Kier alpha value is -4.21. The molecular weight excluding hydrogens is 410 g/mol. The van der Waals surface area contributed by atoms with Gasteiger partial charge in [0.25, 0.3) is 5.91 Å². The zero-order valence-electron chi connectivity index (χ0n) is 17.6. The van der Waals surface area contributed by atoms with E-state index in [9.17, 15) is 9.59 Å². The van der Waals surface area contributed by atoms with Crippen molar-refractivity contribution in [2.24, 2.45) is 0 Å². The minimum absolute atomic E-state index is 0.0927. The number of anilines is 1. The molecule has 1 aliphatic rings. The zero-order valence-corrected chi connectivity index (χ0v) is 17.6. The summed E-state index contributed by atoms with van der Waals surface area (Å²) in [4.78, 5) is 34.9. The molecule has 0 bridgehead atoms. The summed E-state index contributed by atoms with van der Waals surface area (Å²) < 4.78 is 6.46. The van der Waals surface area contributed by atoms with E-state index < -0.39 is 0 Å². The van der Waals surface area contributed by atoms with Crippen molar-refractivity contribution in [3.8, 4) is 11.4 Å². The highest BCUT2D eigenvalue weighted by atomic mass is 16.5. The van der Waals surface area contributed by atoms with Gasteiger partial charge in [0, 0.05) is 30.5 Å². The van der Waals surface area contributed by atoms with Crippen LogP contribution in [-0.4, -0.2) is 61.7 Å². The van der Waals surface area contributed by atoms with Crippen molar-refractivity contribution in [3.05, 3.63) is 65.9 Å². The lowest BCUT2D eigenvalue weighted by atomic mass is 10.0. The first kappa shape index (κ1) is 19.7. The molecule has 2 N–H and O–H groups in total. The fraction of sp³-hybridized carbons (Fsp3) is 0.227. The summed E-state index contributed by atoms with van der Waals surface area (Å²) in [6, 6.07) is 11.2. The number of hydrogen-bond donors (Lipinski definition) is 2. The van der Waals surface area contributed by atoms with Crippen molar-refractivity contribution < 1.29 is 14.3 Å². The molecule has 0 aliphatic carbocycles. The van der Waals surface area contributed by atoms with Crippen LogP contribution in [0.5, 0.6) is 0 Å². The quantitative estimate of drug-likeness (QED) is 0.513. The Balaban J connectivity index is 1.34. The van der Waals surface area contributed by atoms with Crippen LogP contribution in [0.1, 0.15) is 27.8 Å². The molecule has 2 amide bonds. The molecule has 4 aromatic rings. The van der Waals surface area contributed by atoms with Crippen LogP contribution in [-0.2, 0) is 4.74 Å². The number of carbonyl (C=O) groups excluding carboxylic acids is 2. The second-order valence-corrected chi connectivity index (χ2v) is 7.67. The number of fused-ring (bicyclic) bond motifs is 1. The van der Waals surface area contributed by atoms with E-state index in [4.69, 9.17) is 4.74 Å². The number of aryl methyl sites for hydroxylation is 1. The van der Waals surface area contributed by atoms with Gasteiger partial charge in [-0.1, -0.05) is 18.2 Å². The van der Waals surface area contributed by atoms with Gasteiger partial charge in [-0.2, -0.15) is 5.10 Å². The maximum atomic E-state index is 12.9. The first-order valence-corrected chi connectivity index (χ1v) is 10.1. The van der Waals surface area contributed by atoms with Gasteiger partial charge in [-0.3, -0.25) is 14.3 Å². The number of rotatable bonds is 4. The molecule has 4 heterocycles. The number of benzene rings is 1. The Labute approximate surface area is 183 Å². The number of nitrogens with zero attached hydrogens (tertiary/aromatic N) is 5. The molecule has 1 aromatic carbocycles. The fourth-order valence-corrected chi connectivity index (χ4v) is 3.70. The van der Waals surface area contributed by atoms with E-state index in [1.165, 1.54) is 7.11 Å². The van der Waals surface area contributed by atoms with Crippen LogP contribution in [0.15, 0.2) is 48.8 Å². The van der Waals surface area contributed by atoms with Crippen molar-refractivity contribution in [2.45, 2.75) is 12.8 Å². The highest BCUT2D eigenvalue weighted by Crippen LogP contribution is 2.28. The summed E-state index contributed by atoms with van der Waals surface area (Å²) in [5.41, 5.74) is 3.52. The summed E-state index contributed by atoms with van der Waals surface area (Å²) in [6.07, 6.45) is 3.02. The van der Waals surface area contributed by atoms with Gasteiger partial charge < -0.3 is 15.0 Å². The average molecular weight is 431 g/mol. The van der Waals surface area contributed by atoms with Crippen LogP contribution in [0.3, 0.4) is 0 Å². The lowest BCUT2D eigenvalue weighted by Gasteiger charge is -2.36. The number of methoxy groups -OCH3 is 1. The largest absolute Gasteiger partial charge is 0.453 e. The van der Waals surface area contributed by atoms with Crippen molar-refractivity contribution in [3.63, 3.8) is 0 Å². The number of pyridine rings is 1. The van der Waals surface area contributed by atoms with Gasteiger partial charge in [0.1, 0.15) is 17.2 Å². The Kier molecular flexibility index (Phi) is 4.81. The van der Waals surface area contributed by atoms with Crippen LogP contribution < -0.4 is 5.32 Å². The van der Waals surface area contributed by atoms with E-state index in [1.54, 1.807) is 21.7 Å². The number of H-pyrrole nitrogens is 1. The highest BCUT2D eigenvalue weighted by molar-refractivity contribution is 6.04. The predicted octanol–water partition coefficient (Wildman–Crippen LogP) is 2.85. The van der Waals surface area contributed by atoms with Gasteiger partial charge in [-0.05, 0) is 30.7 Å². The van der Waals surface area contributed by atoms with Gasteiger partial charge in [-0.15, -0.1) is 0 Å². The van der Waals surface area contributed by atoms with Crippen molar-refractivity contribution in [1.29, 1.82) is 0 Å². The lowest BCUT2D eigenvalue weighted by molar-refractivity contribution is 0.0864. The van der Waals surface area contributed by atoms with Crippen molar-refractivity contribution >= 4 is 23.3 Å². The third-order valence-corrected chi connectivity index (χ3v) is 5.60. The van der Waals surface area contributed by atoms with Gasteiger partial charge in [0.2, 0.25) is 0 Å². The number of ether oxygens (including phenoxy) is 1. The van der Waals surface area contributed by atoms with E-state index in [0.717, 1.165) is 17.0 Å². The first-order chi connectivity index (χ1) is 15.5. The monoisotopic (exact) mass is 431 g/mol. The molecule has 0 spiro atoms. The van der Waals surface area contributed by atoms with Crippen molar-refractivity contribution in [2.75, 3.05) is 25.5 Å². The van der Waals surface area contributed by atoms with Crippen LogP contribution in [0, 0.1) is 6.92 Å². The van der Waals surface area contributed by atoms with Crippen molar-refractivity contribution in [1.82, 2.24) is 29.5 Å². The number of aromatic nitrogens is 5. The minimum Gasteiger partial charge on any atom is -0.453 e. The molecule has 0 radical (unpaired) electrons. The SMILES string of the molecule is COC(=O)N1CC(c2nc(-c3ccc(C)c(NC(=O)c4cnc5ccccn45)c3)n[nH]2)C1. The van der Waals surface area contributed by atoms with E-state index in [-0.39, 0.29) is 17.9 Å². The summed E-state index contributed by atoms with van der Waals surface area (Å²) in [5, 5.41) is 10.3. The molecule has 3 aromatic heterocycles. The topological polar surface area (TPSA) is 118 Å². The van der Waals surface area contributed by atoms with E-state index in [0.29, 0.717) is 35.9 Å². The van der Waals surface area contributed by atoms with Gasteiger partial charge in [-0.25, -0.2) is 14.8 Å². The van der Waals surface area contributed by atoms with Crippen LogP contribution >= 0.6 is 0 Å². The van der Waals surface area contributed by atoms with Crippen LogP contribution in [0.4, 0.5) is 10.5 Å². The molecule has 10 heteroatoms. The standard InChI is InChI=1S/C22H21N7O3/c1-13-6-7-14(19-25-20(27-26-19)15-11-28(12-15)22(31)32-2)9-16(13)24-21(30)17-10-23-18-5-3-4-8-29(17)18/h3-10,15H,11-12H2,1-2H3,(H,24,30)(H,25,26,27). The Morgan fingerprint density at radius 3 is 2.88 bits per heavy atom. The molecule has 10 nitrogen and oxygen atoms in total. The summed E-state index contributed by atoms with van der Waals surface area (Å²) in [5.74, 6) is 1.09. The van der Waals surface area contributed by atoms with Gasteiger partial charge >= 0.3 is 6.09 Å². The fourth-order valence-electron chi connectivity index (χ4n) is 3.70. The normalized spacial score (nSPS) is 13.8. The highest BCUT2D eigenvalue weighted by Gasteiger charge is 2.34. The smallest absolute Gasteiger partial charge is 0.409 e. The summed E-state index contributed by atoms with van der Waals surface area (Å²) >= 11 is 0. The zero-order chi connectivity index (χ0) is 22.2. The molecule has 1 saturated heterocycles. The van der Waals surface area contributed by atoms with Gasteiger partial charge in [0.15, 0.2) is 5.82 Å². The van der Waals surface area contributed by atoms with Crippen LogP contribution in [0.2, 0.25) is 0 Å². The number of amides is 2. The second-order valence-electron chi connectivity index (χ2n) is 7.67. The number of imidazole rings is 1. The van der Waals surface area contributed by atoms with Crippen LogP contribution in [0.25, 0.3) is 17.0 Å². The molecule has 0 atom stereocenters.